The molecule has 2 rings (SSSR count). The molecule has 0 bridgehead atoms. The van der Waals surface area contributed by atoms with E-state index in [4.69, 9.17) is 0 Å². The van der Waals surface area contributed by atoms with Crippen molar-refractivity contribution in [2.24, 2.45) is 5.41 Å². The zero-order chi connectivity index (χ0) is 12.1. The number of amides is 1. The first-order valence-electron chi connectivity index (χ1n) is 6.88. The monoisotopic (exact) mass is 239 g/mol. The molecule has 0 aromatic rings. The fourth-order valence-corrected chi connectivity index (χ4v) is 3.26. The zero-order valence-electron chi connectivity index (χ0n) is 10.9. The number of hydrogen-bond donors (Lipinski definition) is 2. The number of piperidine rings is 2. The first kappa shape index (κ1) is 12.8. The molecule has 17 heavy (non-hydrogen) atoms. The Bertz CT molecular complexity index is 256. The summed E-state index contributed by atoms with van der Waals surface area (Å²) in [5.74, 6) is 0.159. The molecule has 2 heterocycles. The molecular formula is C13H25N3O. The summed E-state index contributed by atoms with van der Waals surface area (Å²) in [6.07, 6.45) is 5.95. The molecular weight excluding hydrogens is 214 g/mol. The second-order valence-corrected chi connectivity index (χ2v) is 5.58. The fraction of sp³-hybridized carbons (Fsp3) is 0.923. The van der Waals surface area contributed by atoms with Crippen LogP contribution in [0.15, 0.2) is 0 Å². The summed E-state index contributed by atoms with van der Waals surface area (Å²) < 4.78 is 0. The van der Waals surface area contributed by atoms with Crippen LogP contribution in [-0.2, 0) is 4.79 Å². The van der Waals surface area contributed by atoms with Gasteiger partial charge in [0.1, 0.15) is 0 Å². The lowest BCUT2D eigenvalue weighted by Crippen LogP contribution is -2.51. The van der Waals surface area contributed by atoms with Gasteiger partial charge in [-0.15, -0.1) is 0 Å². The number of carbonyl (C=O) groups excluding carboxylic acids is 1. The first-order valence-corrected chi connectivity index (χ1v) is 6.88. The van der Waals surface area contributed by atoms with Crippen molar-refractivity contribution in [3.63, 3.8) is 0 Å². The first-order chi connectivity index (χ1) is 8.24. The van der Waals surface area contributed by atoms with E-state index in [2.05, 4.69) is 15.5 Å². The van der Waals surface area contributed by atoms with Crippen LogP contribution in [0.2, 0.25) is 0 Å². The maximum absolute atomic E-state index is 11.3. The van der Waals surface area contributed by atoms with E-state index < -0.39 is 0 Å². The number of nitrogens with zero attached hydrogens (tertiary/aromatic N) is 1. The second kappa shape index (κ2) is 5.83. The third-order valence-corrected chi connectivity index (χ3v) is 4.24. The molecule has 2 saturated heterocycles. The molecule has 1 amide bonds. The minimum atomic E-state index is 0.159. The quantitative estimate of drug-likeness (QED) is 0.757. The lowest BCUT2D eigenvalue weighted by molar-refractivity contribution is -0.121. The van der Waals surface area contributed by atoms with E-state index in [1.807, 2.05) is 0 Å². The maximum atomic E-state index is 11.3. The third kappa shape index (κ3) is 3.42. The van der Waals surface area contributed by atoms with E-state index in [0.717, 1.165) is 6.54 Å². The van der Waals surface area contributed by atoms with Gasteiger partial charge < -0.3 is 15.5 Å². The van der Waals surface area contributed by atoms with Gasteiger partial charge in [0.25, 0.3) is 0 Å². The minimum absolute atomic E-state index is 0.159. The van der Waals surface area contributed by atoms with Gasteiger partial charge in [0.2, 0.25) is 5.91 Å². The molecule has 4 heteroatoms. The molecule has 0 saturated carbocycles. The number of nitrogens with one attached hydrogen (secondary N) is 2. The van der Waals surface area contributed by atoms with Crippen LogP contribution in [-0.4, -0.2) is 50.6 Å². The molecule has 2 aliphatic heterocycles. The molecule has 2 N–H and O–H groups in total. The smallest absolute Gasteiger partial charge is 0.221 e. The third-order valence-electron chi connectivity index (χ3n) is 4.24. The Morgan fingerprint density at radius 2 is 2.24 bits per heavy atom. The normalized spacial score (nSPS) is 30.4. The Morgan fingerprint density at radius 3 is 2.94 bits per heavy atom. The Kier molecular flexibility index (Phi) is 4.40. The Balaban J connectivity index is 1.81. The zero-order valence-corrected chi connectivity index (χ0v) is 10.9. The number of hydrogen-bond acceptors (Lipinski definition) is 3. The van der Waals surface area contributed by atoms with Gasteiger partial charge in [-0.05, 0) is 44.2 Å². The van der Waals surface area contributed by atoms with Crippen LogP contribution in [0.3, 0.4) is 0 Å². The average molecular weight is 239 g/mol. The highest BCUT2D eigenvalue weighted by Gasteiger charge is 2.36. The molecule has 1 spiro atoms. The highest BCUT2D eigenvalue weighted by molar-refractivity contribution is 5.75. The molecule has 1 unspecified atom stereocenters. The van der Waals surface area contributed by atoms with E-state index in [1.54, 1.807) is 7.05 Å². The second-order valence-electron chi connectivity index (χ2n) is 5.58. The summed E-state index contributed by atoms with van der Waals surface area (Å²) in [4.78, 5) is 13.8. The van der Waals surface area contributed by atoms with Gasteiger partial charge in [-0.25, -0.2) is 0 Å². The van der Waals surface area contributed by atoms with Crippen molar-refractivity contribution in [2.45, 2.75) is 32.1 Å². The van der Waals surface area contributed by atoms with Gasteiger partial charge in [-0.2, -0.15) is 0 Å². The van der Waals surface area contributed by atoms with Crippen LogP contribution < -0.4 is 10.6 Å². The van der Waals surface area contributed by atoms with Gasteiger partial charge in [-0.3, -0.25) is 4.79 Å². The predicted molar refractivity (Wildman–Crippen MR) is 68.9 cm³/mol. The van der Waals surface area contributed by atoms with Gasteiger partial charge in [0, 0.05) is 33.1 Å². The summed E-state index contributed by atoms with van der Waals surface area (Å²) in [6.45, 7) is 5.61. The summed E-state index contributed by atoms with van der Waals surface area (Å²) in [6, 6.07) is 0. The van der Waals surface area contributed by atoms with Crippen molar-refractivity contribution >= 4 is 5.91 Å². The topological polar surface area (TPSA) is 44.4 Å². The molecule has 0 radical (unpaired) electrons. The van der Waals surface area contributed by atoms with Crippen LogP contribution in [0.5, 0.6) is 0 Å². The van der Waals surface area contributed by atoms with E-state index in [0.29, 0.717) is 11.8 Å². The van der Waals surface area contributed by atoms with Crippen molar-refractivity contribution in [1.29, 1.82) is 0 Å². The van der Waals surface area contributed by atoms with E-state index in [9.17, 15) is 4.79 Å². The van der Waals surface area contributed by atoms with Gasteiger partial charge in [0.15, 0.2) is 0 Å². The predicted octanol–water partition coefficient (Wildman–Crippen LogP) is 0.588. The Morgan fingerprint density at radius 1 is 1.41 bits per heavy atom. The van der Waals surface area contributed by atoms with Crippen molar-refractivity contribution < 1.29 is 4.79 Å². The van der Waals surface area contributed by atoms with E-state index in [1.165, 1.54) is 51.9 Å². The molecule has 0 aromatic carbocycles. The largest absolute Gasteiger partial charge is 0.359 e. The lowest BCUT2D eigenvalue weighted by Gasteiger charge is -2.45. The molecule has 0 aromatic heterocycles. The molecule has 2 fully saturated rings. The number of likely N-dealkylation sites (tertiary alicyclic amines) is 1. The van der Waals surface area contributed by atoms with E-state index >= 15 is 0 Å². The summed E-state index contributed by atoms with van der Waals surface area (Å²) in [5.41, 5.74) is 0.499. The SMILES string of the molecule is CNC(=O)CCN1CCCC2(CCCNC2)C1. The van der Waals surface area contributed by atoms with Crippen molar-refractivity contribution in [1.82, 2.24) is 15.5 Å². The summed E-state index contributed by atoms with van der Waals surface area (Å²) in [5, 5.41) is 6.23. The lowest BCUT2D eigenvalue weighted by atomic mass is 9.74. The Labute approximate surface area is 104 Å². The number of carbonyl (C=O) groups is 1. The summed E-state index contributed by atoms with van der Waals surface area (Å²) >= 11 is 0. The highest BCUT2D eigenvalue weighted by Crippen LogP contribution is 2.35. The van der Waals surface area contributed by atoms with Crippen LogP contribution in [0, 0.1) is 5.41 Å². The molecule has 1 atom stereocenters. The van der Waals surface area contributed by atoms with Gasteiger partial charge in [-0.1, -0.05) is 0 Å². The summed E-state index contributed by atoms with van der Waals surface area (Å²) in [7, 11) is 1.71. The average Bonchev–Trinajstić information content (AvgIpc) is 2.37. The van der Waals surface area contributed by atoms with Crippen molar-refractivity contribution in [2.75, 3.05) is 39.8 Å². The molecule has 0 aliphatic carbocycles. The molecule has 98 valence electrons. The maximum Gasteiger partial charge on any atom is 0.221 e. The van der Waals surface area contributed by atoms with E-state index in [-0.39, 0.29) is 5.91 Å². The Hall–Kier alpha value is -0.610. The van der Waals surface area contributed by atoms with Gasteiger partial charge in [0.05, 0.1) is 0 Å². The van der Waals surface area contributed by atoms with Crippen LogP contribution in [0.4, 0.5) is 0 Å². The van der Waals surface area contributed by atoms with Crippen LogP contribution in [0.25, 0.3) is 0 Å². The van der Waals surface area contributed by atoms with Crippen molar-refractivity contribution in [3.05, 3.63) is 0 Å². The van der Waals surface area contributed by atoms with Crippen LogP contribution >= 0.6 is 0 Å². The molecule has 2 aliphatic rings. The highest BCUT2D eigenvalue weighted by atomic mass is 16.1. The fourth-order valence-electron chi connectivity index (χ4n) is 3.26. The number of rotatable bonds is 3. The van der Waals surface area contributed by atoms with Crippen molar-refractivity contribution in [3.8, 4) is 0 Å². The van der Waals surface area contributed by atoms with Crippen LogP contribution in [0.1, 0.15) is 32.1 Å². The minimum Gasteiger partial charge on any atom is -0.359 e. The van der Waals surface area contributed by atoms with Gasteiger partial charge >= 0.3 is 0 Å². The molecule has 4 nitrogen and oxygen atoms in total. The standard InChI is InChI=1S/C13H25N3O/c1-14-12(17)4-9-16-8-3-6-13(11-16)5-2-7-15-10-13/h15H,2-11H2,1H3,(H,14,17).